The predicted molar refractivity (Wildman–Crippen MR) is 101 cm³/mol. The Morgan fingerprint density at radius 3 is 2.62 bits per heavy atom. The van der Waals surface area contributed by atoms with E-state index >= 15 is 0 Å². The first kappa shape index (κ1) is 19.8. The van der Waals surface area contributed by atoms with E-state index in [1.165, 1.54) is 37.1 Å². The minimum atomic E-state index is -0.626. The number of carbonyl (C=O) groups excluding carboxylic acids is 1. The summed E-state index contributed by atoms with van der Waals surface area (Å²) in [7, 11) is 2.87. The SMILES string of the molecule is CCn1cccc(C(=O)N/N=C\c2cc(Cl)c(OC)c(Cl)c2OC)c1=O. The van der Waals surface area contributed by atoms with Crippen LogP contribution in [-0.4, -0.2) is 30.9 Å². The first-order chi connectivity index (χ1) is 12.4. The lowest BCUT2D eigenvalue weighted by Crippen LogP contribution is -2.30. The predicted octanol–water partition coefficient (Wildman–Crippen LogP) is 2.96. The van der Waals surface area contributed by atoms with E-state index in [0.717, 1.165) is 0 Å². The minimum absolute atomic E-state index is 0.00994. The van der Waals surface area contributed by atoms with E-state index in [4.69, 9.17) is 32.7 Å². The van der Waals surface area contributed by atoms with Gasteiger partial charge in [0.15, 0.2) is 5.75 Å². The molecule has 0 aliphatic rings. The fourth-order valence-corrected chi connectivity index (χ4v) is 2.97. The molecule has 0 aliphatic carbocycles. The van der Waals surface area contributed by atoms with E-state index in [0.29, 0.717) is 17.9 Å². The maximum atomic E-state index is 12.2. The lowest BCUT2D eigenvalue weighted by molar-refractivity contribution is 0.0953. The number of aryl methyl sites for hydroxylation is 1. The third-order valence-electron chi connectivity index (χ3n) is 3.54. The highest BCUT2D eigenvalue weighted by atomic mass is 35.5. The zero-order valence-corrected chi connectivity index (χ0v) is 15.9. The Labute approximate surface area is 160 Å². The Kier molecular flexibility index (Phi) is 6.65. The molecule has 0 atom stereocenters. The summed E-state index contributed by atoms with van der Waals surface area (Å²) in [5.74, 6) is -0.0616. The number of nitrogens with zero attached hydrogens (tertiary/aromatic N) is 2. The average Bonchev–Trinajstić information content (AvgIpc) is 2.62. The lowest BCUT2D eigenvalue weighted by Gasteiger charge is -2.12. The van der Waals surface area contributed by atoms with Crippen molar-refractivity contribution in [3.63, 3.8) is 0 Å². The van der Waals surface area contributed by atoms with Crippen LogP contribution in [0.25, 0.3) is 0 Å². The zero-order chi connectivity index (χ0) is 19.3. The van der Waals surface area contributed by atoms with Gasteiger partial charge in [0.25, 0.3) is 11.5 Å². The Bertz CT molecular complexity index is 910. The Morgan fingerprint density at radius 1 is 1.31 bits per heavy atom. The van der Waals surface area contributed by atoms with Gasteiger partial charge in [-0.15, -0.1) is 0 Å². The first-order valence-electron chi connectivity index (χ1n) is 7.57. The minimum Gasteiger partial charge on any atom is -0.494 e. The normalized spacial score (nSPS) is 10.8. The molecule has 7 nitrogen and oxygen atoms in total. The number of methoxy groups -OCH3 is 2. The van der Waals surface area contributed by atoms with Crippen molar-refractivity contribution in [2.24, 2.45) is 5.10 Å². The molecule has 1 aromatic carbocycles. The number of hydrazone groups is 1. The van der Waals surface area contributed by atoms with Gasteiger partial charge in [-0.25, -0.2) is 5.43 Å². The van der Waals surface area contributed by atoms with Crippen molar-refractivity contribution < 1.29 is 14.3 Å². The highest BCUT2D eigenvalue weighted by Gasteiger charge is 2.17. The van der Waals surface area contributed by atoms with Crippen LogP contribution in [-0.2, 0) is 6.54 Å². The maximum absolute atomic E-state index is 12.2. The molecule has 0 unspecified atom stereocenters. The number of aromatic nitrogens is 1. The molecule has 0 saturated heterocycles. The van der Waals surface area contributed by atoms with Gasteiger partial charge in [0.05, 0.1) is 25.5 Å². The number of hydrogen-bond donors (Lipinski definition) is 1. The molecule has 0 spiro atoms. The lowest BCUT2D eigenvalue weighted by atomic mass is 10.2. The van der Waals surface area contributed by atoms with E-state index in [1.807, 2.05) is 6.92 Å². The van der Waals surface area contributed by atoms with Crippen LogP contribution in [0.2, 0.25) is 10.0 Å². The van der Waals surface area contributed by atoms with Gasteiger partial charge in [-0.2, -0.15) is 5.10 Å². The molecule has 0 bridgehead atoms. The van der Waals surface area contributed by atoms with Crippen molar-refractivity contribution >= 4 is 35.3 Å². The number of amides is 1. The number of carbonyl (C=O) groups is 1. The summed E-state index contributed by atoms with van der Waals surface area (Å²) in [6.07, 6.45) is 2.92. The zero-order valence-electron chi connectivity index (χ0n) is 14.4. The molecule has 0 fully saturated rings. The molecule has 1 amide bonds. The van der Waals surface area contributed by atoms with E-state index < -0.39 is 11.5 Å². The second kappa shape index (κ2) is 8.73. The molecule has 0 radical (unpaired) electrons. The molecule has 0 saturated carbocycles. The number of pyridine rings is 1. The van der Waals surface area contributed by atoms with Crippen LogP contribution in [0.1, 0.15) is 22.8 Å². The van der Waals surface area contributed by atoms with Crippen molar-refractivity contribution in [3.8, 4) is 11.5 Å². The summed E-state index contributed by atoms with van der Waals surface area (Å²) < 4.78 is 11.8. The van der Waals surface area contributed by atoms with Gasteiger partial charge in [-0.1, -0.05) is 23.2 Å². The van der Waals surface area contributed by atoms with Gasteiger partial charge in [0.2, 0.25) is 0 Å². The fraction of sp³-hybridized carbons (Fsp3) is 0.235. The summed E-state index contributed by atoms with van der Waals surface area (Å²) in [4.78, 5) is 24.3. The van der Waals surface area contributed by atoms with Crippen LogP contribution >= 0.6 is 23.2 Å². The molecule has 1 aromatic heterocycles. The van der Waals surface area contributed by atoms with Gasteiger partial charge >= 0.3 is 0 Å². The second-order valence-electron chi connectivity index (χ2n) is 5.04. The van der Waals surface area contributed by atoms with Crippen LogP contribution in [0, 0.1) is 0 Å². The summed E-state index contributed by atoms with van der Waals surface area (Å²) >= 11 is 12.3. The molecular weight excluding hydrogens is 381 g/mol. The van der Waals surface area contributed by atoms with Crippen LogP contribution in [0.15, 0.2) is 34.3 Å². The highest BCUT2D eigenvalue weighted by Crippen LogP contribution is 2.41. The largest absolute Gasteiger partial charge is 0.494 e. The third-order valence-corrected chi connectivity index (χ3v) is 4.17. The monoisotopic (exact) mass is 397 g/mol. The van der Waals surface area contributed by atoms with E-state index in [2.05, 4.69) is 10.5 Å². The van der Waals surface area contributed by atoms with Crippen molar-refractivity contribution in [1.29, 1.82) is 0 Å². The van der Waals surface area contributed by atoms with Gasteiger partial charge in [0, 0.05) is 18.3 Å². The quantitative estimate of drug-likeness (QED) is 0.599. The Balaban J connectivity index is 2.26. The van der Waals surface area contributed by atoms with Crippen molar-refractivity contribution in [2.75, 3.05) is 14.2 Å². The number of hydrogen-bond acceptors (Lipinski definition) is 5. The fourth-order valence-electron chi connectivity index (χ4n) is 2.27. The average molecular weight is 398 g/mol. The van der Waals surface area contributed by atoms with Gasteiger partial charge < -0.3 is 14.0 Å². The molecule has 138 valence electrons. The summed E-state index contributed by atoms with van der Waals surface area (Å²) in [6.45, 7) is 2.27. The summed E-state index contributed by atoms with van der Waals surface area (Å²) in [5, 5.41) is 4.30. The second-order valence-corrected chi connectivity index (χ2v) is 5.83. The van der Waals surface area contributed by atoms with Gasteiger partial charge in [-0.3, -0.25) is 9.59 Å². The van der Waals surface area contributed by atoms with E-state index in [9.17, 15) is 9.59 Å². The van der Waals surface area contributed by atoms with Crippen molar-refractivity contribution in [1.82, 2.24) is 9.99 Å². The summed E-state index contributed by atoms with van der Waals surface area (Å²) in [5.41, 5.74) is 2.33. The Hall–Kier alpha value is -2.51. The third kappa shape index (κ3) is 4.00. The van der Waals surface area contributed by atoms with Crippen LogP contribution < -0.4 is 20.5 Å². The van der Waals surface area contributed by atoms with E-state index in [1.54, 1.807) is 12.3 Å². The number of nitrogens with one attached hydrogen (secondary N) is 1. The van der Waals surface area contributed by atoms with Crippen molar-refractivity contribution in [2.45, 2.75) is 13.5 Å². The van der Waals surface area contributed by atoms with E-state index in [-0.39, 0.29) is 21.4 Å². The number of ether oxygens (including phenoxy) is 2. The number of benzene rings is 1. The maximum Gasteiger partial charge on any atom is 0.276 e. The first-order valence-corrected chi connectivity index (χ1v) is 8.33. The van der Waals surface area contributed by atoms with Crippen LogP contribution in [0.4, 0.5) is 0 Å². The Morgan fingerprint density at radius 2 is 2.00 bits per heavy atom. The molecule has 2 rings (SSSR count). The molecule has 1 N–H and O–H groups in total. The van der Waals surface area contributed by atoms with Gasteiger partial charge in [0.1, 0.15) is 16.3 Å². The summed E-state index contributed by atoms with van der Waals surface area (Å²) in [6, 6.07) is 4.59. The van der Waals surface area contributed by atoms with Crippen LogP contribution in [0.3, 0.4) is 0 Å². The van der Waals surface area contributed by atoms with Gasteiger partial charge in [-0.05, 0) is 25.1 Å². The molecule has 1 heterocycles. The molecule has 2 aromatic rings. The molecule has 26 heavy (non-hydrogen) atoms. The highest BCUT2D eigenvalue weighted by molar-refractivity contribution is 6.38. The molecule has 9 heteroatoms. The smallest absolute Gasteiger partial charge is 0.276 e. The molecular formula is C17H17Cl2N3O4. The number of halogens is 2. The molecule has 0 aliphatic heterocycles. The van der Waals surface area contributed by atoms with Crippen LogP contribution in [0.5, 0.6) is 11.5 Å². The standard InChI is InChI=1S/C17H17Cl2N3O4/c1-4-22-7-5-6-11(17(22)24)16(23)21-20-9-10-8-12(18)15(26-3)13(19)14(10)25-2/h5-9H,4H2,1-3H3,(H,21,23)/b20-9-. The number of rotatable bonds is 6. The van der Waals surface area contributed by atoms with Crippen molar-refractivity contribution in [3.05, 3.63) is 55.9 Å². The topological polar surface area (TPSA) is 81.9 Å².